The van der Waals surface area contributed by atoms with E-state index in [1.807, 2.05) is 43.4 Å². The van der Waals surface area contributed by atoms with Crippen LogP contribution in [0.25, 0.3) is 11.3 Å². The van der Waals surface area contributed by atoms with Gasteiger partial charge in [0, 0.05) is 49.3 Å². The Morgan fingerprint density at radius 2 is 1.68 bits per heavy atom. The van der Waals surface area contributed by atoms with Gasteiger partial charge < -0.3 is 14.6 Å². The Morgan fingerprint density at radius 3 is 2.32 bits per heavy atom. The summed E-state index contributed by atoms with van der Waals surface area (Å²) >= 11 is 3.44. The van der Waals surface area contributed by atoms with Gasteiger partial charge in [0.2, 0.25) is 11.8 Å². The summed E-state index contributed by atoms with van der Waals surface area (Å²) in [6.07, 6.45) is 2.22. The summed E-state index contributed by atoms with van der Waals surface area (Å²) in [4.78, 5) is 30.7. The molecule has 7 nitrogen and oxygen atoms in total. The monoisotopic (exact) mass is 488 g/mol. The first kappa shape index (κ1) is 22.0. The van der Waals surface area contributed by atoms with Crippen molar-refractivity contribution >= 4 is 27.7 Å². The molecule has 1 aromatic heterocycles. The van der Waals surface area contributed by atoms with Gasteiger partial charge in [-0.1, -0.05) is 28.1 Å². The molecule has 2 fully saturated rings. The number of nitrogens with zero attached hydrogens (tertiary/aromatic N) is 3. The smallest absolute Gasteiger partial charge is 0.236 e. The Hall–Kier alpha value is -2.16. The second kappa shape index (κ2) is 9.97. The second-order valence-corrected chi connectivity index (χ2v) is 9.33. The molecule has 2 aromatic rings. The maximum absolute atomic E-state index is 12.7. The van der Waals surface area contributed by atoms with E-state index < -0.39 is 0 Å². The van der Waals surface area contributed by atoms with Crippen molar-refractivity contribution in [2.24, 2.45) is 0 Å². The molecule has 1 saturated heterocycles. The van der Waals surface area contributed by atoms with Gasteiger partial charge in [-0.3, -0.25) is 19.4 Å². The number of piperazine rings is 1. The van der Waals surface area contributed by atoms with Gasteiger partial charge in [-0.05, 0) is 37.1 Å². The first-order chi connectivity index (χ1) is 15.0. The Balaban J connectivity index is 1.20. The average molecular weight is 489 g/mol. The Bertz CT molecular complexity index is 902. The van der Waals surface area contributed by atoms with Crippen molar-refractivity contribution in [1.82, 2.24) is 20.0 Å². The van der Waals surface area contributed by atoms with Crippen LogP contribution in [-0.2, 0) is 16.1 Å². The van der Waals surface area contributed by atoms with E-state index in [2.05, 4.69) is 31.0 Å². The highest BCUT2D eigenvalue weighted by atomic mass is 79.9. The van der Waals surface area contributed by atoms with Gasteiger partial charge in [0.1, 0.15) is 11.5 Å². The summed E-state index contributed by atoms with van der Waals surface area (Å²) in [6, 6.07) is 12.2. The van der Waals surface area contributed by atoms with Crippen molar-refractivity contribution in [2.45, 2.75) is 25.4 Å². The second-order valence-electron chi connectivity index (χ2n) is 8.42. The van der Waals surface area contributed by atoms with Crippen molar-refractivity contribution in [3.05, 3.63) is 46.6 Å². The number of carbonyl (C=O) groups is 2. The number of likely N-dealkylation sites (N-methyl/N-ethyl adjacent to an activating group) is 1. The molecule has 1 aromatic carbocycles. The topological polar surface area (TPSA) is 69.0 Å². The lowest BCUT2D eigenvalue weighted by Crippen LogP contribution is -2.51. The van der Waals surface area contributed by atoms with Crippen LogP contribution in [0.1, 0.15) is 18.6 Å². The normalized spacial score (nSPS) is 17.5. The minimum atomic E-state index is 0.0709. The number of carbonyl (C=O) groups excluding carboxylic acids is 2. The van der Waals surface area contributed by atoms with E-state index in [1.54, 1.807) is 4.90 Å². The summed E-state index contributed by atoms with van der Waals surface area (Å²) in [5.41, 5.74) is 1.01. The molecule has 166 valence electrons. The molecule has 1 aliphatic carbocycles. The molecule has 1 saturated carbocycles. The van der Waals surface area contributed by atoms with Gasteiger partial charge >= 0.3 is 0 Å². The van der Waals surface area contributed by atoms with Crippen LogP contribution < -0.4 is 5.32 Å². The Morgan fingerprint density at radius 1 is 1.03 bits per heavy atom. The molecule has 8 heteroatoms. The van der Waals surface area contributed by atoms with Gasteiger partial charge in [0.05, 0.1) is 19.6 Å². The van der Waals surface area contributed by atoms with Crippen LogP contribution in [-0.4, -0.2) is 78.9 Å². The average Bonchev–Trinajstić information content (AvgIpc) is 3.44. The summed E-state index contributed by atoms with van der Waals surface area (Å²) in [5, 5.41) is 3.03. The van der Waals surface area contributed by atoms with E-state index in [0.29, 0.717) is 25.7 Å². The quantitative estimate of drug-likeness (QED) is 0.618. The summed E-state index contributed by atoms with van der Waals surface area (Å²) in [5.74, 6) is 1.75. The van der Waals surface area contributed by atoms with Gasteiger partial charge in [0.25, 0.3) is 0 Å². The number of hydrogen-bond acceptors (Lipinski definition) is 5. The zero-order valence-corrected chi connectivity index (χ0v) is 19.4. The zero-order valence-electron chi connectivity index (χ0n) is 17.8. The zero-order chi connectivity index (χ0) is 21.8. The predicted octanol–water partition coefficient (Wildman–Crippen LogP) is 2.56. The lowest BCUT2D eigenvalue weighted by molar-refractivity contribution is -0.132. The van der Waals surface area contributed by atoms with E-state index in [4.69, 9.17) is 4.42 Å². The number of benzene rings is 1. The first-order valence-electron chi connectivity index (χ1n) is 10.8. The number of furan rings is 1. The fraction of sp³-hybridized carbons (Fsp3) is 0.478. The fourth-order valence-electron chi connectivity index (χ4n) is 3.68. The largest absolute Gasteiger partial charge is 0.459 e. The van der Waals surface area contributed by atoms with E-state index in [9.17, 15) is 9.59 Å². The molecule has 0 spiro atoms. The van der Waals surface area contributed by atoms with Crippen LogP contribution in [0, 0.1) is 0 Å². The number of amides is 2. The number of nitrogens with one attached hydrogen (secondary N) is 1. The summed E-state index contributed by atoms with van der Waals surface area (Å²) in [6.45, 7) is 4.50. The summed E-state index contributed by atoms with van der Waals surface area (Å²) in [7, 11) is 1.81. The minimum Gasteiger partial charge on any atom is -0.459 e. The van der Waals surface area contributed by atoms with E-state index in [1.165, 1.54) is 0 Å². The van der Waals surface area contributed by atoms with Crippen molar-refractivity contribution in [1.29, 1.82) is 0 Å². The van der Waals surface area contributed by atoms with Crippen LogP contribution in [0.3, 0.4) is 0 Å². The molecule has 0 bridgehead atoms. The van der Waals surface area contributed by atoms with Crippen LogP contribution in [0.4, 0.5) is 0 Å². The van der Waals surface area contributed by atoms with Gasteiger partial charge in [-0.2, -0.15) is 0 Å². The molecular formula is C23H29BrN4O3. The highest BCUT2D eigenvalue weighted by molar-refractivity contribution is 9.10. The first-order valence-corrected chi connectivity index (χ1v) is 11.6. The Labute approximate surface area is 191 Å². The van der Waals surface area contributed by atoms with Gasteiger partial charge in [0.15, 0.2) is 0 Å². The lowest BCUT2D eigenvalue weighted by atomic mass is 10.2. The van der Waals surface area contributed by atoms with E-state index >= 15 is 0 Å². The molecule has 0 atom stereocenters. The molecule has 0 radical (unpaired) electrons. The molecular weight excluding hydrogens is 460 g/mol. The molecule has 0 unspecified atom stereocenters. The van der Waals surface area contributed by atoms with Crippen LogP contribution in [0.15, 0.2) is 45.3 Å². The standard InChI is InChI=1S/C23H29BrN4O3/c1-26(14-20-8-9-21(31-20)17-2-4-18(24)5-3-17)23(30)16-28-12-10-27(11-13-28)15-22(29)25-19-6-7-19/h2-5,8-9,19H,6-7,10-16H2,1H3,(H,25,29). The van der Waals surface area contributed by atoms with Crippen molar-refractivity contribution in [3.8, 4) is 11.3 Å². The van der Waals surface area contributed by atoms with Crippen LogP contribution in [0.2, 0.25) is 0 Å². The van der Waals surface area contributed by atoms with Crippen molar-refractivity contribution < 1.29 is 14.0 Å². The Kier molecular flexibility index (Phi) is 7.09. The van der Waals surface area contributed by atoms with E-state index in [0.717, 1.165) is 60.6 Å². The van der Waals surface area contributed by atoms with Crippen molar-refractivity contribution in [3.63, 3.8) is 0 Å². The van der Waals surface area contributed by atoms with Gasteiger partial charge in [-0.15, -0.1) is 0 Å². The molecule has 4 rings (SSSR count). The number of rotatable bonds is 8. The molecule has 2 aliphatic rings. The molecule has 31 heavy (non-hydrogen) atoms. The number of halogens is 1. The summed E-state index contributed by atoms with van der Waals surface area (Å²) < 4.78 is 6.96. The molecule has 2 heterocycles. The fourth-order valence-corrected chi connectivity index (χ4v) is 3.94. The van der Waals surface area contributed by atoms with Crippen LogP contribution in [0.5, 0.6) is 0 Å². The lowest BCUT2D eigenvalue weighted by Gasteiger charge is -2.34. The van der Waals surface area contributed by atoms with Crippen molar-refractivity contribution in [2.75, 3.05) is 46.3 Å². The maximum Gasteiger partial charge on any atom is 0.236 e. The molecule has 2 amide bonds. The number of hydrogen-bond donors (Lipinski definition) is 1. The highest BCUT2D eigenvalue weighted by Crippen LogP contribution is 2.24. The SMILES string of the molecule is CN(Cc1ccc(-c2ccc(Br)cc2)o1)C(=O)CN1CCN(CC(=O)NC2CC2)CC1. The third kappa shape index (κ3) is 6.41. The maximum atomic E-state index is 12.7. The molecule has 1 N–H and O–H groups in total. The van der Waals surface area contributed by atoms with Crippen LogP contribution >= 0.6 is 15.9 Å². The third-order valence-electron chi connectivity index (χ3n) is 5.74. The van der Waals surface area contributed by atoms with Gasteiger partial charge in [-0.25, -0.2) is 0 Å². The minimum absolute atomic E-state index is 0.0709. The highest BCUT2D eigenvalue weighted by Gasteiger charge is 2.26. The predicted molar refractivity (Wildman–Crippen MR) is 122 cm³/mol. The third-order valence-corrected chi connectivity index (χ3v) is 6.27. The molecule has 1 aliphatic heterocycles. The van der Waals surface area contributed by atoms with E-state index in [-0.39, 0.29) is 11.8 Å².